The van der Waals surface area contributed by atoms with E-state index in [4.69, 9.17) is 11.6 Å². The maximum Gasteiger partial charge on any atom is 0.282 e. The van der Waals surface area contributed by atoms with E-state index in [1.807, 2.05) is 0 Å². The Balaban J connectivity index is 3.36. The minimum Gasteiger partial charge on any atom is -0.261 e. The van der Waals surface area contributed by atoms with Gasteiger partial charge >= 0.3 is 0 Å². The molecule has 0 aliphatic rings. The Morgan fingerprint density at radius 1 is 1.00 bits per heavy atom. The molecule has 0 spiro atoms. The summed E-state index contributed by atoms with van der Waals surface area (Å²) in [5.41, 5.74) is -1.38. The zero-order valence-corrected chi connectivity index (χ0v) is 10.8. The molecule has 0 heterocycles. The molecule has 0 aliphatic carbocycles. The molecule has 0 aromatic heterocycles. The summed E-state index contributed by atoms with van der Waals surface area (Å²) in [6, 6.07) is 0. The minimum atomic E-state index is -4.34. The number of benzene rings is 1. The SMILES string of the molecule is CC(OS(=O)(=O)CCl)c1c(F)c(F)c(F)c(F)c1F. The predicted molar refractivity (Wildman–Crippen MR) is 55.4 cm³/mol. The molecule has 0 bridgehead atoms. The van der Waals surface area contributed by atoms with Gasteiger partial charge in [0.15, 0.2) is 23.3 Å². The summed E-state index contributed by atoms with van der Waals surface area (Å²) in [7, 11) is -4.34. The van der Waals surface area contributed by atoms with Gasteiger partial charge in [0.1, 0.15) is 11.3 Å². The Morgan fingerprint density at radius 2 is 1.37 bits per heavy atom. The lowest BCUT2D eigenvalue weighted by molar-refractivity contribution is 0.217. The van der Waals surface area contributed by atoms with E-state index in [2.05, 4.69) is 4.18 Å². The molecule has 19 heavy (non-hydrogen) atoms. The van der Waals surface area contributed by atoms with Gasteiger partial charge in [-0.1, -0.05) is 0 Å². The molecule has 0 fully saturated rings. The average Bonchev–Trinajstić information content (AvgIpc) is 2.33. The summed E-state index contributed by atoms with van der Waals surface area (Å²) < 4.78 is 91.3. The van der Waals surface area contributed by atoms with Crippen molar-refractivity contribution < 1.29 is 34.6 Å². The summed E-state index contributed by atoms with van der Waals surface area (Å²) >= 11 is 4.98. The second-order valence-electron chi connectivity index (χ2n) is 3.39. The maximum atomic E-state index is 13.3. The van der Waals surface area contributed by atoms with Crippen LogP contribution in [0.4, 0.5) is 22.0 Å². The molecule has 0 saturated carbocycles. The van der Waals surface area contributed by atoms with Gasteiger partial charge in [0.05, 0.1) is 5.56 Å². The molecule has 1 unspecified atom stereocenters. The lowest BCUT2D eigenvalue weighted by atomic mass is 10.1. The van der Waals surface area contributed by atoms with Gasteiger partial charge in [0.2, 0.25) is 5.82 Å². The predicted octanol–water partition coefficient (Wildman–Crippen LogP) is 2.99. The average molecular weight is 325 g/mol. The van der Waals surface area contributed by atoms with Crippen molar-refractivity contribution in [1.82, 2.24) is 0 Å². The van der Waals surface area contributed by atoms with E-state index in [0.29, 0.717) is 0 Å². The Kier molecular flexibility index (Phi) is 4.75. The Labute approximate surface area is 110 Å². The van der Waals surface area contributed by atoms with E-state index in [-0.39, 0.29) is 0 Å². The van der Waals surface area contributed by atoms with Crippen LogP contribution in [-0.2, 0) is 14.3 Å². The normalized spacial score (nSPS) is 13.6. The van der Waals surface area contributed by atoms with E-state index in [0.717, 1.165) is 6.92 Å². The van der Waals surface area contributed by atoms with Crippen LogP contribution in [-0.4, -0.2) is 13.6 Å². The van der Waals surface area contributed by atoms with Gasteiger partial charge in [0, 0.05) is 0 Å². The van der Waals surface area contributed by atoms with E-state index in [1.54, 1.807) is 0 Å². The van der Waals surface area contributed by atoms with Gasteiger partial charge in [-0.3, -0.25) is 4.18 Å². The standard InChI is InChI=1S/C9H6ClF5O3S/c1-3(18-19(16,17)2-10)4-5(11)7(13)9(15)8(14)6(4)12/h3H,2H2,1H3. The molecule has 0 aliphatic heterocycles. The largest absolute Gasteiger partial charge is 0.282 e. The highest BCUT2D eigenvalue weighted by molar-refractivity contribution is 7.87. The fraction of sp³-hybridized carbons (Fsp3) is 0.333. The van der Waals surface area contributed by atoms with Crippen LogP contribution in [0.15, 0.2) is 0 Å². The molecule has 0 saturated heterocycles. The molecule has 3 nitrogen and oxygen atoms in total. The maximum absolute atomic E-state index is 13.3. The van der Waals surface area contributed by atoms with Gasteiger partial charge in [-0.15, -0.1) is 11.6 Å². The van der Waals surface area contributed by atoms with Crippen LogP contribution in [0.1, 0.15) is 18.6 Å². The van der Waals surface area contributed by atoms with E-state index in [1.165, 1.54) is 0 Å². The van der Waals surface area contributed by atoms with Crippen LogP contribution in [0.2, 0.25) is 0 Å². The third-order valence-electron chi connectivity index (χ3n) is 2.07. The third-order valence-corrected chi connectivity index (χ3v) is 3.73. The van der Waals surface area contributed by atoms with Crippen molar-refractivity contribution in [1.29, 1.82) is 0 Å². The van der Waals surface area contributed by atoms with Gasteiger partial charge < -0.3 is 0 Å². The van der Waals surface area contributed by atoms with Gasteiger partial charge in [-0.05, 0) is 6.92 Å². The smallest absolute Gasteiger partial charge is 0.261 e. The van der Waals surface area contributed by atoms with Crippen LogP contribution in [0.5, 0.6) is 0 Å². The fourth-order valence-electron chi connectivity index (χ4n) is 1.27. The van der Waals surface area contributed by atoms with Crippen molar-refractivity contribution in [3.8, 4) is 0 Å². The molecule has 1 atom stereocenters. The van der Waals surface area contributed by atoms with E-state index < -0.39 is 56.1 Å². The Morgan fingerprint density at radius 3 is 1.74 bits per heavy atom. The number of hydrogen-bond donors (Lipinski definition) is 0. The van der Waals surface area contributed by atoms with Crippen LogP contribution < -0.4 is 0 Å². The van der Waals surface area contributed by atoms with Gasteiger partial charge in [0.25, 0.3) is 10.1 Å². The summed E-state index contributed by atoms with van der Waals surface area (Å²) in [5.74, 6) is -11.0. The molecule has 0 N–H and O–H groups in total. The highest BCUT2D eigenvalue weighted by atomic mass is 35.5. The Bertz CT molecular complexity index is 575. The number of hydrogen-bond acceptors (Lipinski definition) is 3. The molecule has 108 valence electrons. The van der Waals surface area contributed by atoms with Crippen LogP contribution >= 0.6 is 11.6 Å². The summed E-state index contributed by atoms with van der Waals surface area (Å²) in [6.07, 6.45) is -1.92. The minimum absolute atomic E-state index is 0.808. The van der Waals surface area contributed by atoms with Gasteiger partial charge in [-0.25, -0.2) is 22.0 Å². The molecule has 10 heteroatoms. The second-order valence-corrected chi connectivity index (χ2v) is 5.57. The first kappa shape index (κ1) is 16.1. The topological polar surface area (TPSA) is 43.4 Å². The van der Waals surface area contributed by atoms with Gasteiger partial charge in [-0.2, -0.15) is 8.42 Å². The summed E-state index contributed by atoms with van der Waals surface area (Å²) in [4.78, 5) is 0. The summed E-state index contributed by atoms with van der Waals surface area (Å²) in [6.45, 7) is 0.808. The summed E-state index contributed by atoms with van der Waals surface area (Å²) in [5, 5.41) is -1.03. The quantitative estimate of drug-likeness (QED) is 0.281. The highest BCUT2D eigenvalue weighted by Gasteiger charge is 2.31. The molecule has 0 radical (unpaired) electrons. The first-order valence-corrected chi connectivity index (χ1v) is 6.71. The van der Waals surface area contributed by atoms with Crippen molar-refractivity contribution in [2.45, 2.75) is 13.0 Å². The molecule has 1 rings (SSSR count). The second kappa shape index (κ2) is 5.59. The van der Waals surface area contributed by atoms with Crippen molar-refractivity contribution >= 4 is 21.7 Å². The molecule has 0 amide bonds. The van der Waals surface area contributed by atoms with Crippen molar-refractivity contribution in [2.75, 3.05) is 5.21 Å². The van der Waals surface area contributed by atoms with Crippen LogP contribution in [0.3, 0.4) is 0 Å². The number of alkyl halides is 1. The van der Waals surface area contributed by atoms with Crippen molar-refractivity contribution in [3.05, 3.63) is 34.6 Å². The third kappa shape index (κ3) is 3.15. The highest BCUT2D eigenvalue weighted by Crippen LogP contribution is 2.30. The zero-order chi connectivity index (χ0) is 15.0. The van der Waals surface area contributed by atoms with Crippen molar-refractivity contribution in [3.63, 3.8) is 0 Å². The van der Waals surface area contributed by atoms with Crippen LogP contribution in [0.25, 0.3) is 0 Å². The number of halogens is 6. The Hall–Kier alpha value is -0.930. The van der Waals surface area contributed by atoms with Crippen molar-refractivity contribution in [2.24, 2.45) is 0 Å². The van der Waals surface area contributed by atoms with Crippen LogP contribution in [0, 0.1) is 29.1 Å². The van der Waals surface area contributed by atoms with E-state index >= 15 is 0 Å². The molecular weight excluding hydrogens is 319 g/mol. The fourth-order valence-corrected chi connectivity index (χ4v) is 2.01. The monoisotopic (exact) mass is 324 g/mol. The first-order chi connectivity index (χ1) is 8.62. The lowest BCUT2D eigenvalue weighted by Gasteiger charge is -2.15. The number of rotatable bonds is 4. The first-order valence-electron chi connectivity index (χ1n) is 4.60. The molecule has 1 aromatic rings. The lowest BCUT2D eigenvalue weighted by Crippen LogP contribution is -2.16. The zero-order valence-electron chi connectivity index (χ0n) is 9.19. The van der Waals surface area contributed by atoms with E-state index in [9.17, 15) is 30.4 Å². The molecule has 1 aromatic carbocycles. The molecular formula is C9H6ClF5O3S.